The Kier molecular flexibility index (Phi) is 2.58. The molecule has 0 saturated heterocycles. The molecule has 14 heavy (non-hydrogen) atoms. The quantitative estimate of drug-likeness (QED) is 0.402. The highest BCUT2D eigenvalue weighted by Gasteiger charge is 2.15. The first kappa shape index (κ1) is 9.86. The predicted molar refractivity (Wildman–Crippen MR) is 47.9 cm³/mol. The van der Waals surface area contributed by atoms with Crippen LogP contribution in [0.4, 0.5) is 5.69 Å². The molecule has 0 atom stereocenters. The first-order valence-electron chi connectivity index (χ1n) is 3.74. The number of carbonyl (C=O) groups is 1. The average molecular weight is 190 g/mol. The summed E-state index contributed by atoms with van der Waals surface area (Å²) in [4.78, 5) is 20.4. The summed E-state index contributed by atoms with van der Waals surface area (Å²) in [7, 11) is 0. The van der Waals surface area contributed by atoms with Crippen LogP contribution in [0.1, 0.15) is 21.5 Å². The first-order chi connectivity index (χ1) is 6.60. The molecule has 0 aliphatic heterocycles. The lowest BCUT2D eigenvalue weighted by atomic mass is 10.0. The van der Waals surface area contributed by atoms with E-state index in [9.17, 15) is 14.9 Å². The molecule has 0 heterocycles. The molecule has 0 N–H and O–H groups in total. The van der Waals surface area contributed by atoms with Crippen LogP contribution in [-0.4, -0.2) is 11.2 Å². The van der Waals surface area contributed by atoms with Crippen molar-refractivity contribution in [3.05, 3.63) is 38.9 Å². The zero-order chi connectivity index (χ0) is 10.7. The molecular weight excluding hydrogens is 184 g/mol. The van der Waals surface area contributed by atoms with Crippen molar-refractivity contribution in [2.24, 2.45) is 0 Å². The summed E-state index contributed by atoms with van der Waals surface area (Å²) in [6.45, 7) is 1.48. The molecule has 0 amide bonds. The lowest BCUT2D eigenvalue weighted by Gasteiger charge is -1.99. The van der Waals surface area contributed by atoms with Crippen LogP contribution in [0.15, 0.2) is 12.1 Å². The average Bonchev–Trinajstić information content (AvgIpc) is 2.17. The third-order valence-electron chi connectivity index (χ3n) is 1.86. The Morgan fingerprint density at radius 3 is 2.64 bits per heavy atom. The highest BCUT2D eigenvalue weighted by molar-refractivity contribution is 5.78. The van der Waals surface area contributed by atoms with Gasteiger partial charge in [-0.3, -0.25) is 14.9 Å². The zero-order valence-electron chi connectivity index (χ0n) is 7.35. The van der Waals surface area contributed by atoms with Crippen molar-refractivity contribution in [2.45, 2.75) is 6.92 Å². The van der Waals surface area contributed by atoms with Gasteiger partial charge in [-0.05, 0) is 13.0 Å². The van der Waals surface area contributed by atoms with E-state index in [2.05, 4.69) is 0 Å². The number of nitrogens with zero attached hydrogens (tertiary/aromatic N) is 2. The van der Waals surface area contributed by atoms with E-state index in [1.165, 1.54) is 13.0 Å². The number of nitriles is 1. The van der Waals surface area contributed by atoms with E-state index in [4.69, 9.17) is 5.26 Å². The molecule has 1 rings (SSSR count). The first-order valence-corrected chi connectivity index (χ1v) is 3.74. The van der Waals surface area contributed by atoms with Crippen LogP contribution >= 0.6 is 0 Å². The van der Waals surface area contributed by atoms with Gasteiger partial charge in [0.25, 0.3) is 5.69 Å². The Hall–Kier alpha value is -2.22. The minimum absolute atomic E-state index is 0.138. The molecule has 0 spiro atoms. The Morgan fingerprint density at radius 2 is 2.21 bits per heavy atom. The predicted octanol–water partition coefficient (Wildman–Crippen LogP) is 1.59. The van der Waals surface area contributed by atoms with Gasteiger partial charge < -0.3 is 0 Å². The van der Waals surface area contributed by atoms with Crippen LogP contribution < -0.4 is 0 Å². The van der Waals surface area contributed by atoms with E-state index in [-0.39, 0.29) is 22.4 Å². The number of hydrogen-bond donors (Lipinski definition) is 0. The molecule has 5 nitrogen and oxygen atoms in total. The summed E-state index contributed by atoms with van der Waals surface area (Å²) in [5, 5.41) is 19.2. The lowest BCUT2D eigenvalue weighted by Crippen LogP contribution is -1.96. The van der Waals surface area contributed by atoms with E-state index in [0.29, 0.717) is 6.29 Å². The zero-order valence-corrected chi connectivity index (χ0v) is 7.35. The molecule has 0 radical (unpaired) electrons. The van der Waals surface area contributed by atoms with Crippen molar-refractivity contribution in [3.8, 4) is 6.07 Å². The highest BCUT2D eigenvalue weighted by atomic mass is 16.6. The Bertz CT molecular complexity index is 446. The van der Waals surface area contributed by atoms with Gasteiger partial charge in [-0.1, -0.05) is 0 Å². The number of aldehydes is 1. The van der Waals surface area contributed by atoms with Crippen molar-refractivity contribution in [2.75, 3.05) is 0 Å². The highest BCUT2D eigenvalue weighted by Crippen LogP contribution is 2.22. The van der Waals surface area contributed by atoms with Crippen LogP contribution in [0.25, 0.3) is 0 Å². The maximum absolute atomic E-state index is 10.5. The van der Waals surface area contributed by atoms with Crippen molar-refractivity contribution >= 4 is 12.0 Å². The van der Waals surface area contributed by atoms with Crippen LogP contribution in [0.2, 0.25) is 0 Å². The fourth-order valence-corrected chi connectivity index (χ4v) is 1.09. The van der Waals surface area contributed by atoms with Gasteiger partial charge in [0.1, 0.15) is 6.29 Å². The van der Waals surface area contributed by atoms with Gasteiger partial charge in [0, 0.05) is 17.2 Å². The van der Waals surface area contributed by atoms with Crippen molar-refractivity contribution in [1.82, 2.24) is 0 Å². The molecule has 0 unspecified atom stereocenters. The van der Waals surface area contributed by atoms with E-state index in [1.807, 2.05) is 0 Å². The SMILES string of the molecule is Cc1c(C#N)cc(C=O)cc1[N+](=O)[O-]. The third-order valence-corrected chi connectivity index (χ3v) is 1.86. The molecule has 0 aliphatic carbocycles. The minimum Gasteiger partial charge on any atom is -0.298 e. The summed E-state index contributed by atoms with van der Waals surface area (Å²) in [6.07, 6.45) is 0.479. The minimum atomic E-state index is -0.608. The number of rotatable bonds is 2. The molecule has 0 bridgehead atoms. The van der Waals surface area contributed by atoms with Gasteiger partial charge in [0.05, 0.1) is 16.6 Å². The van der Waals surface area contributed by atoms with E-state index in [1.54, 1.807) is 6.07 Å². The Labute approximate surface area is 79.7 Å². The fourth-order valence-electron chi connectivity index (χ4n) is 1.09. The molecule has 1 aromatic rings. The second-order valence-corrected chi connectivity index (χ2v) is 2.70. The summed E-state index contributed by atoms with van der Waals surface area (Å²) in [6, 6.07) is 4.29. The van der Waals surface area contributed by atoms with E-state index >= 15 is 0 Å². The summed E-state index contributed by atoms with van der Waals surface area (Å²) in [5.41, 5.74) is 0.370. The van der Waals surface area contributed by atoms with Crippen molar-refractivity contribution in [1.29, 1.82) is 5.26 Å². The normalized spacial score (nSPS) is 9.14. The monoisotopic (exact) mass is 190 g/mol. The standard InChI is InChI=1S/C9H6N2O3/c1-6-8(4-10)2-7(5-12)3-9(6)11(13)14/h2-3,5H,1H3. The molecule has 0 aliphatic rings. The lowest BCUT2D eigenvalue weighted by molar-refractivity contribution is -0.385. The number of nitro groups is 1. The third kappa shape index (κ3) is 1.59. The van der Waals surface area contributed by atoms with Gasteiger partial charge in [-0.25, -0.2) is 0 Å². The molecule has 0 saturated carbocycles. The molecule has 0 aromatic heterocycles. The van der Waals surface area contributed by atoms with Crippen LogP contribution in [0.5, 0.6) is 0 Å². The fraction of sp³-hybridized carbons (Fsp3) is 0.111. The number of benzene rings is 1. The van der Waals surface area contributed by atoms with Gasteiger partial charge >= 0.3 is 0 Å². The maximum atomic E-state index is 10.5. The van der Waals surface area contributed by atoms with Crippen molar-refractivity contribution < 1.29 is 9.72 Å². The molecule has 70 valence electrons. The van der Waals surface area contributed by atoms with E-state index in [0.717, 1.165) is 6.07 Å². The second kappa shape index (κ2) is 3.66. The summed E-state index contributed by atoms with van der Waals surface area (Å²) in [5.74, 6) is 0. The maximum Gasteiger partial charge on any atom is 0.274 e. The van der Waals surface area contributed by atoms with Gasteiger partial charge in [0.15, 0.2) is 0 Å². The van der Waals surface area contributed by atoms with Crippen LogP contribution in [0.3, 0.4) is 0 Å². The second-order valence-electron chi connectivity index (χ2n) is 2.70. The smallest absolute Gasteiger partial charge is 0.274 e. The molecule has 0 fully saturated rings. The van der Waals surface area contributed by atoms with Crippen LogP contribution in [0, 0.1) is 28.4 Å². The van der Waals surface area contributed by atoms with E-state index < -0.39 is 4.92 Å². The molecular formula is C9H6N2O3. The van der Waals surface area contributed by atoms with Gasteiger partial charge in [-0.15, -0.1) is 0 Å². The van der Waals surface area contributed by atoms with Crippen molar-refractivity contribution in [3.63, 3.8) is 0 Å². The van der Waals surface area contributed by atoms with Gasteiger partial charge in [0.2, 0.25) is 0 Å². The number of hydrogen-bond acceptors (Lipinski definition) is 4. The number of nitro benzene ring substituents is 1. The molecule has 1 aromatic carbocycles. The largest absolute Gasteiger partial charge is 0.298 e. The summed E-state index contributed by atoms with van der Waals surface area (Å²) >= 11 is 0. The Morgan fingerprint density at radius 1 is 1.57 bits per heavy atom. The number of carbonyl (C=O) groups excluding carboxylic acids is 1. The Balaban J connectivity index is 3.51. The topological polar surface area (TPSA) is 84.0 Å². The summed E-state index contributed by atoms with van der Waals surface area (Å²) < 4.78 is 0. The van der Waals surface area contributed by atoms with Crippen LogP contribution in [-0.2, 0) is 0 Å². The molecule has 5 heteroatoms. The van der Waals surface area contributed by atoms with Gasteiger partial charge in [-0.2, -0.15) is 5.26 Å².